The van der Waals surface area contributed by atoms with E-state index in [0.717, 1.165) is 74.8 Å². The Morgan fingerprint density at radius 3 is 2.56 bits per heavy atom. The number of fused-ring (bicyclic) bond motifs is 4. The summed E-state index contributed by atoms with van der Waals surface area (Å²) in [5.41, 5.74) is 4.62. The number of piperidine rings is 3. The zero-order valence-electron chi connectivity index (χ0n) is 20.7. The van der Waals surface area contributed by atoms with Crippen LogP contribution in [0.15, 0.2) is 36.4 Å². The molecular weight excluding hydrogens is 427 g/mol. The standard InChI is InChI=1S/C29H37FN2O2/c1-4-5-19-6-8-20(9-7-19)23-16-22-10-13-29(2,3)27(24(22)17-25(23)30)31-28(33)34-26-18-32-14-11-21(26)12-15-32/h6-9,16-17,21,26-27H,4-5,10-15,18H2,1-3H3,(H,31,33)/t26-,27?/m0/s1. The Bertz CT molecular complexity index is 1040. The summed E-state index contributed by atoms with van der Waals surface area (Å²) in [6.45, 7) is 9.50. The van der Waals surface area contributed by atoms with Crippen LogP contribution in [-0.2, 0) is 17.6 Å². The molecule has 5 heteroatoms. The Kier molecular flexibility index (Phi) is 6.41. The van der Waals surface area contributed by atoms with E-state index in [2.05, 4.69) is 43.1 Å². The Morgan fingerprint density at radius 2 is 1.91 bits per heavy atom. The fraction of sp³-hybridized carbons (Fsp3) is 0.552. The van der Waals surface area contributed by atoms with Gasteiger partial charge in [-0.25, -0.2) is 9.18 Å². The highest BCUT2D eigenvalue weighted by Gasteiger charge is 2.40. The molecule has 1 unspecified atom stereocenters. The van der Waals surface area contributed by atoms with E-state index in [9.17, 15) is 4.79 Å². The van der Waals surface area contributed by atoms with Crippen molar-refractivity contribution in [2.45, 2.75) is 71.4 Å². The highest BCUT2D eigenvalue weighted by Crippen LogP contribution is 2.45. The van der Waals surface area contributed by atoms with Crippen molar-refractivity contribution in [2.24, 2.45) is 11.3 Å². The minimum absolute atomic E-state index is 0.0385. The van der Waals surface area contributed by atoms with E-state index in [1.165, 1.54) is 5.56 Å². The number of halogens is 1. The van der Waals surface area contributed by atoms with Crippen molar-refractivity contribution in [3.63, 3.8) is 0 Å². The van der Waals surface area contributed by atoms with Gasteiger partial charge < -0.3 is 10.1 Å². The molecule has 4 aliphatic rings. The zero-order chi connectivity index (χ0) is 23.9. The van der Waals surface area contributed by atoms with E-state index in [4.69, 9.17) is 4.74 Å². The van der Waals surface area contributed by atoms with Crippen molar-refractivity contribution in [1.82, 2.24) is 10.2 Å². The normalized spacial score (nSPS) is 27.2. The Balaban J connectivity index is 1.36. The van der Waals surface area contributed by atoms with Gasteiger partial charge in [-0.1, -0.05) is 51.5 Å². The van der Waals surface area contributed by atoms with Crippen LogP contribution in [0.1, 0.15) is 69.2 Å². The van der Waals surface area contributed by atoms with Crippen LogP contribution in [0.3, 0.4) is 0 Å². The van der Waals surface area contributed by atoms with Crippen molar-refractivity contribution >= 4 is 6.09 Å². The summed E-state index contributed by atoms with van der Waals surface area (Å²) in [5, 5.41) is 3.13. The lowest BCUT2D eigenvalue weighted by molar-refractivity contribution is -0.0353. The number of carbonyl (C=O) groups excluding carboxylic acids is 1. The quantitative estimate of drug-likeness (QED) is 0.566. The molecule has 4 nitrogen and oxygen atoms in total. The maximum absolute atomic E-state index is 15.4. The minimum atomic E-state index is -0.374. The van der Waals surface area contributed by atoms with Crippen molar-refractivity contribution in [2.75, 3.05) is 19.6 Å². The number of ether oxygens (including phenoxy) is 1. The average Bonchev–Trinajstić information content (AvgIpc) is 2.82. The minimum Gasteiger partial charge on any atom is -0.445 e. The molecule has 6 rings (SSSR count). The second-order valence-electron chi connectivity index (χ2n) is 11.1. The van der Waals surface area contributed by atoms with Crippen molar-refractivity contribution in [1.29, 1.82) is 0 Å². The second kappa shape index (κ2) is 9.33. The molecule has 2 bridgehead atoms. The van der Waals surface area contributed by atoms with E-state index in [0.29, 0.717) is 11.5 Å². The first-order chi connectivity index (χ1) is 16.3. The number of nitrogens with zero attached hydrogens (tertiary/aromatic N) is 1. The monoisotopic (exact) mass is 464 g/mol. The van der Waals surface area contributed by atoms with Gasteiger partial charge in [0.05, 0.1) is 6.04 Å². The van der Waals surface area contributed by atoms with Gasteiger partial charge in [-0.3, -0.25) is 4.90 Å². The van der Waals surface area contributed by atoms with Gasteiger partial charge in [0.15, 0.2) is 0 Å². The molecule has 1 N–H and O–H groups in total. The molecule has 3 fully saturated rings. The smallest absolute Gasteiger partial charge is 0.407 e. The number of benzene rings is 2. The van der Waals surface area contributed by atoms with Crippen LogP contribution in [0, 0.1) is 17.2 Å². The number of amides is 1. The maximum atomic E-state index is 15.4. The maximum Gasteiger partial charge on any atom is 0.407 e. The molecule has 34 heavy (non-hydrogen) atoms. The van der Waals surface area contributed by atoms with E-state index >= 15 is 4.39 Å². The molecule has 2 aromatic carbocycles. The molecule has 0 radical (unpaired) electrons. The summed E-state index contributed by atoms with van der Waals surface area (Å²) in [5.74, 6) is 0.225. The Morgan fingerprint density at radius 1 is 1.18 bits per heavy atom. The molecule has 2 aromatic rings. The summed E-state index contributed by atoms with van der Waals surface area (Å²) in [6.07, 6.45) is 5.71. The van der Waals surface area contributed by atoms with E-state index < -0.39 is 0 Å². The van der Waals surface area contributed by atoms with Gasteiger partial charge in [0, 0.05) is 12.1 Å². The first-order valence-electron chi connectivity index (χ1n) is 12.9. The molecule has 0 aromatic heterocycles. The predicted octanol–water partition coefficient (Wildman–Crippen LogP) is 6.28. The molecule has 1 amide bonds. The molecule has 0 spiro atoms. The molecule has 182 valence electrons. The highest BCUT2D eigenvalue weighted by atomic mass is 19.1. The highest BCUT2D eigenvalue weighted by molar-refractivity contribution is 5.70. The molecule has 2 atom stereocenters. The number of nitrogens with one attached hydrogen (secondary N) is 1. The van der Waals surface area contributed by atoms with Gasteiger partial charge in [-0.15, -0.1) is 0 Å². The zero-order valence-corrected chi connectivity index (χ0v) is 20.7. The summed E-state index contributed by atoms with van der Waals surface area (Å²) >= 11 is 0. The van der Waals surface area contributed by atoms with Crippen LogP contribution < -0.4 is 5.32 Å². The topological polar surface area (TPSA) is 41.6 Å². The van der Waals surface area contributed by atoms with Gasteiger partial charge in [0.2, 0.25) is 0 Å². The molecule has 0 saturated carbocycles. The van der Waals surface area contributed by atoms with Crippen LogP contribution in [0.25, 0.3) is 11.1 Å². The fourth-order valence-electron chi connectivity index (χ4n) is 6.11. The number of aryl methyl sites for hydroxylation is 2. The molecule has 3 heterocycles. The summed E-state index contributed by atoms with van der Waals surface area (Å²) < 4.78 is 21.3. The third-order valence-electron chi connectivity index (χ3n) is 8.28. The first-order valence-corrected chi connectivity index (χ1v) is 12.9. The number of alkyl carbamates (subject to hydrolysis) is 1. The summed E-state index contributed by atoms with van der Waals surface area (Å²) in [6, 6.07) is 11.6. The lowest BCUT2D eigenvalue weighted by atomic mass is 9.70. The summed E-state index contributed by atoms with van der Waals surface area (Å²) in [4.78, 5) is 15.3. The second-order valence-corrected chi connectivity index (χ2v) is 11.1. The largest absolute Gasteiger partial charge is 0.445 e. The van der Waals surface area contributed by atoms with Crippen molar-refractivity contribution in [3.8, 4) is 11.1 Å². The molecule has 1 aliphatic carbocycles. The molecule has 3 aliphatic heterocycles. The first kappa shape index (κ1) is 23.3. The predicted molar refractivity (Wildman–Crippen MR) is 133 cm³/mol. The van der Waals surface area contributed by atoms with Crippen LogP contribution in [0.2, 0.25) is 0 Å². The number of hydrogen-bond donors (Lipinski definition) is 1. The lowest BCUT2D eigenvalue weighted by Gasteiger charge is -2.44. The van der Waals surface area contributed by atoms with Crippen LogP contribution in [0.5, 0.6) is 0 Å². The van der Waals surface area contributed by atoms with Gasteiger partial charge in [0.25, 0.3) is 0 Å². The van der Waals surface area contributed by atoms with Crippen LogP contribution in [0.4, 0.5) is 9.18 Å². The van der Waals surface area contributed by atoms with Crippen molar-refractivity contribution in [3.05, 3.63) is 58.9 Å². The fourth-order valence-corrected chi connectivity index (χ4v) is 6.11. The number of rotatable bonds is 5. The van der Waals surface area contributed by atoms with Crippen LogP contribution in [-0.4, -0.2) is 36.7 Å². The lowest BCUT2D eigenvalue weighted by Crippen LogP contribution is -2.53. The SMILES string of the molecule is CCCc1ccc(-c2cc3c(cc2F)C(NC(=O)O[C@H]2CN4CCC2CC4)C(C)(C)CC3)cc1. The van der Waals surface area contributed by atoms with Crippen molar-refractivity contribution < 1.29 is 13.9 Å². The van der Waals surface area contributed by atoms with E-state index in [1.54, 1.807) is 6.07 Å². The van der Waals surface area contributed by atoms with Gasteiger partial charge in [-0.05, 0) is 90.9 Å². The number of hydrogen-bond acceptors (Lipinski definition) is 3. The Labute approximate surface area is 202 Å². The third-order valence-corrected chi connectivity index (χ3v) is 8.28. The van der Waals surface area contributed by atoms with Gasteiger partial charge in [-0.2, -0.15) is 0 Å². The Hall–Kier alpha value is -2.40. The van der Waals surface area contributed by atoms with E-state index in [1.807, 2.05) is 18.2 Å². The van der Waals surface area contributed by atoms with Gasteiger partial charge >= 0.3 is 6.09 Å². The van der Waals surface area contributed by atoms with Crippen LogP contribution >= 0.6 is 0 Å². The average molecular weight is 465 g/mol. The summed E-state index contributed by atoms with van der Waals surface area (Å²) in [7, 11) is 0. The van der Waals surface area contributed by atoms with E-state index in [-0.39, 0.29) is 29.5 Å². The molecule has 3 saturated heterocycles. The molecular formula is C29H37FN2O2. The third kappa shape index (κ3) is 4.59. The number of carbonyl (C=O) groups is 1. The van der Waals surface area contributed by atoms with Gasteiger partial charge in [0.1, 0.15) is 11.9 Å².